The molecule has 0 bridgehead atoms. The van der Waals surface area contributed by atoms with Gasteiger partial charge in [0.15, 0.2) is 0 Å². The molecule has 21 heavy (non-hydrogen) atoms. The summed E-state index contributed by atoms with van der Waals surface area (Å²) in [6, 6.07) is 4.37. The van der Waals surface area contributed by atoms with Crippen LogP contribution in [-0.4, -0.2) is 34.5 Å². The fourth-order valence-corrected chi connectivity index (χ4v) is 4.61. The topological polar surface area (TPSA) is 84.5 Å². The number of fused-ring (bicyclic) bond motifs is 1. The number of hydrogen-bond donors (Lipinski definition) is 2. The molecule has 0 spiro atoms. The Balaban J connectivity index is 1.75. The van der Waals surface area contributed by atoms with Gasteiger partial charge in [0.05, 0.1) is 16.5 Å². The molecular weight excluding hydrogens is 360 g/mol. The quantitative estimate of drug-likeness (QED) is 0.811. The van der Waals surface area contributed by atoms with E-state index in [1.807, 2.05) is 0 Å². The predicted molar refractivity (Wildman–Crippen MR) is 79.4 cm³/mol. The minimum Gasteiger partial charge on any atom is -0.496 e. The number of ether oxygens (including phenoxy) is 1. The van der Waals surface area contributed by atoms with Gasteiger partial charge in [-0.1, -0.05) is 0 Å². The summed E-state index contributed by atoms with van der Waals surface area (Å²) in [7, 11) is -2.35. The molecule has 1 aliphatic heterocycles. The van der Waals surface area contributed by atoms with Crippen molar-refractivity contribution in [3.8, 4) is 5.75 Å². The number of benzene rings is 1. The van der Waals surface area contributed by atoms with E-state index in [1.54, 1.807) is 6.07 Å². The first kappa shape index (κ1) is 14.8. The van der Waals surface area contributed by atoms with Crippen LogP contribution in [0, 0.1) is 17.8 Å². The van der Waals surface area contributed by atoms with E-state index in [2.05, 4.69) is 26.0 Å². The van der Waals surface area contributed by atoms with Gasteiger partial charge >= 0.3 is 0 Å². The largest absolute Gasteiger partial charge is 0.496 e. The lowest BCUT2D eigenvalue weighted by molar-refractivity contribution is -0.121. The summed E-state index contributed by atoms with van der Waals surface area (Å²) in [5.41, 5.74) is 0. The number of hydrogen-bond acceptors (Lipinski definition) is 5. The number of amides is 1. The van der Waals surface area contributed by atoms with Gasteiger partial charge in [-0.15, -0.1) is 0 Å². The first-order chi connectivity index (χ1) is 9.94. The lowest BCUT2D eigenvalue weighted by Crippen LogP contribution is -2.34. The Labute approximate surface area is 131 Å². The van der Waals surface area contributed by atoms with Gasteiger partial charge in [0.1, 0.15) is 5.75 Å². The molecule has 114 valence electrons. The van der Waals surface area contributed by atoms with Crippen molar-refractivity contribution < 1.29 is 17.9 Å². The zero-order valence-electron chi connectivity index (χ0n) is 11.3. The van der Waals surface area contributed by atoms with Gasteiger partial charge in [-0.2, -0.15) is 0 Å². The summed E-state index contributed by atoms with van der Waals surface area (Å²) in [5, 5.41) is 3.17. The van der Waals surface area contributed by atoms with E-state index in [-0.39, 0.29) is 22.6 Å². The molecule has 2 aliphatic rings. The lowest BCUT2D eigenvalue weighted by atomic mass is 10.3. The number of sulfonamides is 1. The van der Waals surface area contributed by atoms with Crippen LogP contribution in [0.25, 0.3) is 0 Å². The van der Waals surface area contributed by atoms with Gasteiger partial charge in [-0.3, -0.25) is 4.79 Å². The van der Waals surface area contributed by atoms with Gasteiger partial charge in [0, 0.05) is 5.92 Å². The van der Waals surface area contributed by atoms with Crippen molar-refractivity contribution in [1.82, 2.24) is 10.0 Å². The normalized spacial score (nSPS) is 27.0. The average Bonchev–Trinajstić information content (AvgIpc) is 2.92. The van der Waals surface area contributed by atoms with Crippen LogP contribution in [0.15, 0.2) is 27.6 Å². The highest BCUT2D eigenvalue weighted by Crippen LogP contribution is 2.48. The summed E-state index contributed by atoms with van der Waals surface area (Å²) < 4.78 is 32.2. The van der Waals surface area contributed by atoms with Crippen LogP contribution in [0.1, 0.15) is 0 Å². The molecule has 1 unspecified atom stereocenters. The van der Waals surface area contributed by atoms with Gasteiger partial charge in [-0.25, -0.2) is 13.1 Å². The first-order valence-corrected chi connectivity index (χ1v) is 8.82. The molecule has 1 aromatic carbocycles. The third-order valence-electron chi connectivity index (χ3n) is 4.06. The Kier molecular flexibility index (Phi) is 3.71. The van der Waals surface area contributed by atoms with E-state index in [4.69, 9.17) is 4.74 Å². The van der Waals surface area contributed by atoms with Crippen LogP contribution in [0.3, 0.4) is 0 Å². The van der Waals surface area contributed by atoms with Gasteiger partial charge in [-0.05, 0) is 59.1 Å². The van der Waals surface area contributed by atoms with Crippen LogP contribution in [0.4, 0.5) is 0 Å². The smallest absolute Gasteiger partial charge is 0.264 e. The number of halogens is 1. The molecular formula is C13H15BrN2O4S. The highest BCUT2D eigenvalue weighted by atomic mass is 79.9. The van der Waals surface area contributed by atoms with E-state index in [0.29, 0.717) is 10.2 Å². The van der Waals surface area contributed by atoms with E-state index < -0.39 is 15.9 Å². The van der Waals surface area contributed by atoms with E-state index in [0.717, 1.165) is 13.1 Å². The molecule has 1 saturated carbocycles. The lowest BCUT2D eigenvalue weighted by Gasteiger charge is -2.10. The maximum absolute atomic E-state index is 12.2. The number of carbonyl (C=O) groups excluding carboxylic acids is 1. The molecule has 6 nitrogen and oxygen atoms in total. The molecule has 1 saturated heterocycles. The minimum atomic E-state index is -3.85. The maximum atomic E-state index is 12.2. The van der Waals surface area contributed by atoms with Crippen molar-refractivity contribution in [2.75, 3.05) is 20.2 Å². The summed E-state index contributed by atoms with van der Waals surface area (Å²) >= 11 is 3.24. The van der Waals surface area contributed by atoms with Gasteiger partial charge < -0.3 is 10.1 Å². The molecule has 1 aliphatic carbocycles. The molecule has 1 heterocycles. The van der Waals surface area contributed by atoms with Crippen molar-refractivity contribution >= 4 is 31.9 Å². The summed E-state index contributed by atoms with van der Waals surface area (Å²) in [4.78, 5) is 12.1. The SMILES string of the molecule is COc1ccc(S(=O)(=O)NC(=O)C2[C@H]3CNC[C@@H]23)cc1Br. The number of rotatable bonds is 4. The second kappa shape index (κ2) is 5.26. The Bertz CT molecular complexity index is 681. The van der Waals surface area contributed by atoms with Crippen molar-refractivity contribution in [3.05, 3.63) is 22.7 Å². The van der Waals surface area contributed by atoms with Crippen LogP contribution in [0.5, 0.6) is 5.75 Å². The fourth-order valence-electron chi connectivity index (χ4n) is 2.88. The Morgan fingerprint density at radius 3 is 2.62 bits per heavy atom. The Hall–Kier alpha value is -1.12. The van der Waals surface area contributed by atoms with E-state index >= 15 is 0 Å². The highest BCUT2D eigenvalue weighted by Gasteiger charge is 2.57. The highest BCUT2D eigenvalue weighted by molar-refractivity contribution is 9.10. The number of nitrogens with one attached hydrogen (secondary N) is 2. The van der Waals surface area contributed by atoms with E-state index in [9.17, 15) is 13.2 Å². The summed E-state index contributed by atoms with van der Waals surface area (Å²) in [5.74, 6) is 0.509. The average molecular weight is 375 g/mol. The molecule has 3 rings (SSSR count). The molecule has 3 atom stereocenters. The van der Waals surface area contributed by atoms with Crippen LogP contribution in [-0.2, 0) is 14.8 Å². The third-order valence-corrected chi connectivity index (χ3v) is 6.03. The third kappa shape index (κ3) is 2.67. The maximum Gasteiger partial charge on any atom is 0.264 e. The molecule has 0 aromatic heterocycles. The Morgan fingerprint density at radius 2 is 2.05 bits per heavy atom. The molecule has 1 aromatic rings. The minimum absolute atomic E-state index is 0.0347. The predicted octanol–water partition coefficient (Wildman–Crippen LogP) is 0.728. The second-order valence-electron chi connectivity index (χ2n) is 5.28. The number of methoxy groups -OCH3 is 1. The standard InChI is InChI=1S/C13H15BrN2O4S/c1-20-11-3-2-7(4-10(11)14)21(18,19)16-13(17)12-8-5-15-6-9(8)12/h2-4,8-9,12,15H,5-6H2,1H3,(H,16,17)/t8-,9+,12?. The molecule has 2 fully saturated rings. The zero-order valence-corrected chi connectivity index (χ0v) is 13.7. The van der Waals surface area contributed by atoms with Crippen molar-refractivity contribution in [2.45, 2.75) is 4.90 Å². The summed E-state index contributed by atoms with van der Waals surface area (Å²) in [6.45, 7) is 1.58. The van der Waals surface area contributed by atoms with Crippen molar-refractivity contribution in [3.63, 3.8) is 0 Å². The van der Waals surface area contributed by atoms with Crippen molar-refractivity contribution in [1.29, 1.82) is 0 Å². The van der Waals surface area contributed by atoms with Gasteiger partial charge in [0.25, 0.3) is 10.0 Å². The Morgan fingerprint density at radius 1 is 1.38 bits per heavy atom. The second-order valence-corrected chi connectivity index (χ2v) is 7.81. The van der Waals surface area contributed by atoms with Crippen LogP contribution >= 0.6 is 15.9 Å². The van der Waals surface area contributed by atoms with Crippen LogP contribution < -0.4 is 14.8 Å². The van der Waals surface area contributed by atoms with Gasteiger partial charge in [0.2, 0.25) is 5.91 Å². The molecule has 0 radical (unpaired) electrons. The summed E-state index contributed by atoms with van der Waals surface area (Å²) in [6.07, 6.45) is 0. The van der Waals surface area contributed by atoms with Crippen molar-refractivity contribution in [2.24, 2.45) is 17.8 Å². The number of piperidine rings is 1. The number of carbonyl (C=O) groups is 1. The fraction of sp³-hybridized carbons (Fsp3) is 0.462. The monoisotopic (exact) mass is 374 g/mol. The van der Waals surface area contributed by atoms with E-state index in [1.165, 1.54) is 19.2 Å². The zero-order chi connectivity index (χ0) is 15.2. The first-order valence-electron chi connectivity index (χ1n) is 6.55. The molecule has 2 N–H and O–H groups in total. The van der Waals surface area contributed by atoms with Crippen LogP contribution in [0.2, 0.25) is 0 Å². The molecule has 8 heteroatoms. The molecule has 1 amide bonds.